The van der Waals surface area contributed by atoms with Crippen LogP contribution in [0.5, 0.6) is 5.75 Å². The molecule has 0 fully saturated rings. The monoisotopic (exact) mass is 259 g/mol. The first-order valence-electron chi connectivity index (χ1n) is 5.40. The van der Waals surface area contributed by atoms with Crippen molar-refractivity contribution in [1.29, 1.82) is 5.41 Å². The quantitative estimate of drug-likeness (QED) is 0.684. The lowest BCUT2D eigenvalue weighted by molar-refractivity contribution is -0.112. The average molecular weight is 259 g/mol. The Morgan fingerprint density at radius 2 is 2.00 bits per heavy atom. The zero-order valence-corrected chi connectivity index (χ0v) is 10.3. The lowest BCUT2D eigenvalue weighted by Gasteiger charge is -2.06. The molecule has 0 bridgehead atoms. The average Bonchev–Trinajstić information content (AvgIpc) is 2.79. The molecule has 0 aliphatic carbocycles. The highest BCUT2D eigenvalue weighted by Gasteiger charge is 2.17. The van der Waals surface area contributed by atoms with E-state index in [2.05, 4.69) is 4.98 Å². The summed E-state index contributed by atoms with van der Waals surface area (Å²) in [6.07, 6.45) is 1.43. The van der Waals surface area contributed by atoms with Gasteiger partial charge in [0.1, 0.15) is 29.3 Å². The minimum absolute atomic E-state index is 0.0725. The van der Waals surface area contributed by atoms with Crippen LogP contribution >= 0.6 is 0 Å². The summed E-state index contributed by atoms with van der Waals surface area (Å²) in [4.78, 5) is 14.9. The molecule has 0 radical (unpaired) electrons. The van der Waals surface area contributed by atoms with Crippen LogP contribution in [0.25, 0.3) is 5.69 Å². The third-order valence-corrected chi connectivity index (χ3v) is 2.64. The second-order valence-corrected chi connectivity index (χ2v) is 3.79. The molecule has 1 aromatic carbocycles. The van der Waals surface area contributed by atoms with E-state index in [4.69, 9.17) is 21.6 Å². The van der Waals surface area contributed by atoms with Crippen LogP contribution in [-0.4, -0.2) is 28.3 Å². The Morgan fingerprint density at radius 1 is 1.37 bits per heavy atom. The summed E-state index contributed by atoms with van der Waals surface area (Å²) in [5, 5.41) is 7.51. The van der Waals surface area contributed by atoms with E-state index < -0.39 is 11.6 Å². The third-order valence-electron chi connectivity index (χ3n) is 2.64. The van der Waals surface area contributed by atoms with Gasteiger partial charge in [-0.25, -0.2) is 4.98 Å². The maximum atomic E-state index is 11.0. The molecule has 0 unspecified atom stereocenters. The number of aromatic nitrogens is 2. The molecule has 0 spiro atoms. The van der Waals surface area contributed by atoms with Crippen molar-refractivity contribution in [2.24, 2.45) is 5.73 Å². The Kier molecular flexibility index (Phi) is 3.19. The summed E-state index contributed by atoms with van der Waals surface area (Å²) in [5.74, 6) is 0.0354. The molecule has 0 saturated heterocycles. The van der Waals surface area contributed by atoms with Gasteiger partial charge in [0.05, 0.1) is 7.11 Å². The fraction of sp³-hybridized carbons (Fsp3) is 0.0833. The van der Waals surface area contributed by atoms with Gasteiger partial charge in [-0.3, -0.25) is 14.8 Å². The van der Waals surface area contributed by atoms with E-state index in [1.54, 1.807) is 35.9 Å². The summed E-state index contributed by atoms with van der Waals surface area (Å²) >= 11 is 0. The van der Waals surface area contributed by atoms with Crippen LogP contribution in [0.1, 0.15) is 5.69 Å². The zero-order chi connectivity index (χ0) is 14.0. The minimum Gasteiger partial charge on any atom is -0.497 e. The molecule has 19 heavy (non-hydrogen) atoms. The highest BCUT2D eigenvalue weighted by molar-refractivity contribution is 6.44. The molecule has 7 heteroatoms. The molecule has 7 nitrogen and oxygen atoms in total. The van der Waals surface area contributed by atoms with E-state index in [1.165, 1.54) is 6.33 Å². The van der Waals surface area contributed by atoms with Gasteiger partial charge < -0.3 is 16.2 Å². The van der Waals surface area contributed by atoms with Crippen molar-refractivity contribution in [2.75, 3.05) is 12.8 Å². The van der Waals surface area contributed by atoms with E-state index in [0.717, 1.165) is 5.69 Å². The molecule has 2 aromatic rings. The Hall–Kier alpha value is -2.83. The van der Waals surface area contributed by atoms with Crippen molar-refractivity contribution in [3.05, 3.63) is 36.3 Å². The van der Waals surface area contributed by atoms with Crippen LogP contribution in [0.2, 0.25) is 0 Å². The Morgan fingerprint density at radius 3 is 2.53 bits per heavy atom. The number of carbonyl (C=O) groups excluding carboxylic acids is 1. The van der Waals surface area contributed by atoms with Gasteiger partial charge >= 0.3 is 0 Å². The Balaban J connectivity index is 2.41. The van der Waals surface area contributed by atoms with E-state index in [0.29, 0.717) is 5.75 Å². The van der Waals surface area contributed by atoms with E-state index in [1.807, 2.05) is 0 Å². The second-order valence-electron chi connectivity index (χ2n) is 3.79. The molecule has 1 heterocycles. The topological polar surface area (TPSA) is 120 Å². The summed E-state index contributed by atoms with van der Waals surface area (Å²) in [7, 11) is 1.58. The number of nitrogens with zero attached hydrogens (tertiary/aromatic N) is 2. The molecular weight excluding hydrogens is 246 g/mol. The van der Waals surface area contributed by atoms with Crippen molar-refractivity contribution in [3.8, 4) is 11.4 Å². The number of nitrogen functional groups attached to an aromatic ring is 1. The Bertz CT molecular complexity index is 630. The van der Waals surface area contributed by atoms with Crippen LogP contribution < -0.4 is 16.2 Å². The normalized spacial score (nSPS) is 10.2. The van der Waals surface area contributed by atoms with Gasteiger partial charge in [0.2, 0.25) is 0 Å². The van der Waals surface area contributed by atoms with Gasteiger partial charge in [-0.1, -0.05) is 0 Å². The largest absolute Gasteiger partial charge is 0.497 e. The number of nitrogens with two attached hydrogens (primary N) is 2. The highest BCUT2D eigenvalue weighted by Crippen LogP contribution is 2.20. The third kappa shape index (κ3) is 2.25. The molecule has 1 aromatic heterocycles. The SMILES string of the molecule is COc1ccc(-n2cnc(C(=N)C(N)=O)c2N)cc1. The predicted octanol–water partition coefficient (Wildman–Crippen LogP) is 0.316. The first kappa shape index (κ1) is 12.6. The molecule has 2 rings (SSSR count). The standard InChI is InChI=1S/C12H13N5O2/c1-19-8-4-2-7(3-5-8)17-6-16-10(11(17)14)9(13)12(15)18/h2-6,13H,14H2,1H3,(H2,15,18). The van der Waals surface area contributed by atoms with Crippen LogP contribution in [0.3, 0.4) is 0 Å². The van der Waals surface area contributed by atoms with Crippen LogP contribution in [0.4, 0.5) is 5.82 Å². The smallest absolute Gasteiger partial charge is 0.268 e. The maximum Gasteiger partial charge on any atom is 0.268 e. The molecule has 0 saturated carbocycles. The number of methoxy groups -OCH3 is 1. The van der Waals surface area contributed by atoms with Crippen LogP contribution in [-0.2, 0) is 4.79 Å². The number of anilines is 1. The number of nitrogens with one attached hydrogen (secondary N) is 1. The van der Waals surface area contributed by atoms with Crippen molar-refractivity contribution >= 4 is 17.4 Å². The number of amides is 1. The number of benzene rings is 1. The molecule has 0 aliphatic rings. The fourth-order valence-electron chi connectivity index (χ4n) is 1.62. The summed E-state index contributed by atoms with van der Waals surface area (Å²) in [6.45, 7) is 0. The van der Waals surface area contributed by atoms with Gasteiger partial charge in [0.15, 0.2) is 0 Å². The summed E-state index contributed by atoms with van der Waals surface area (Å²) in [6, 6.07) is 7.12. The van der Waals surface area contributed by atoms with Crippen molar-refractivity contribution in [1.82, 2.24) is 9.55 Å². The van der Waals surface area contributed by atoms with E-state index in [9.17, 15) is 4.79 Å². The number of ether oxygens (including phenoxy) is 1. The maximum absolute atomic E-state index is 11.0. The first-order valence-corrected chi connectivity index (χ1v) is 5.40. The molecular formula is C12H13N5O2. The van der Waals surface area contributed by atoms with E-state index in [-0.39, 0.29) is 11.5 Å². The number of hydrogen-bond acceptors (Lipinski definition) is 5. The van der Waals surface area contributed by atoms with Crippen molar-refractivity contribution in [3.63, 3.8) is 0 Å². The number of imidazole rings is 1. The van der Waals surface area contributed by atoms with Crippen LogP contribution in [0, 0.1) is 5.41 Å². The van der Waals surface area contributed by atoms with Crippen LogP contribution in [0.15, 0.2) is 30.6 Å². The van der Waals surface area contributed by atoms with Gasteiger partial charge in [-0.15, -0.1) is 0 Å². The molecule has 1 amide bonds. The lowest BCUT2D eigenvalue weighted by atomic mass is 10.2. The fourth-order valence-corrected chi connectivity index (χ4v) is 1.62. The van der Waals surface area contributed by atoms with Crippen molar-refractivity contribution in [2.45, 2.75) is 0 Å². The lowest BCUT2D eigenvalue weighted by Crippen LogP contribution is -2.24. The summed E-state index contributed by atoms with van der Waals surface area (Å²) < 4.78 is 6.62. The number of primary amides is 1. The zero-order valence-electron chi connectivity index (χ0n) is 10.3. The van der Waals surface area contributed by atoms with Crippen molar-refractivity contribution < 1.29 is 9.53 Å². The highest BCUT2D eigenvalue weighted by atomic mass is 16.5. The number of carbonyl (C=O) groups is 1. The van der Waals surface area contributed by atoms with Gasteiger partial charge in [-0.2, -0.15) is 0 Å². The second kappa shape index (κ2) is 4.81. The minimum atomic E-state index is -0.869. The molecule has 0 atom stereocenters. The van der Waals surface area contributed by atoms with Gasteiger partial charge in [0.25, 0.3) is 5.91 Å². The van der Waals surface area contributed by atoms with Gasteiger partial charge in [-0.05, 0) is 24.3 Å². The summed E-state index contributed by atoms with van der Waals surface area (Å²) in [5.41, 5.74) is 11.3. The number of rotatable bonds is 4. The Labute approximate surface area is 109 Å². The first-order chi connectivity index (χ1) is 9.04. The number of hydrogen-bond donors (Lipinski definition) is 3. The van der Waals surface area contributed by atoms with E-state index >= 15 is 0 Å². The molecule has 0 aliphatic heterocycles. The predicted molar refractivity (Wildman–Crippen MR) is 70.6 cm³/mol. The van der Waals surface area contributed by atoms with Gasteiger partial charge in [0, 0.05) is 5.69 Å². The molecule has 5 N–H and O–H groups in total. The molecule has 98 valence electrons.